The van der Waals surface area contributed by atoms with Gasteiger partial charge in [0.15, 0.2) is 5.11 Å². The predicted molar refractivity (Wildman–Crippen MR) is 129 cm³/mol. The normalized spacial score (nSPS) is 14.6. The minimum absolute atomic E-state index is 0.0851. The number of nitrogens with zero attached hydrogens (tertiary/aromatic N) is 2. The molecule has 0 saturated carbocycles. The van der Waals surface area contributed by atoms with Gasteiger partial charge in [0, 0.05) is 17.7 Å². The first-order chi connectivity index (χ1) is 13.3. The van der Waals surface area contributed by atoms with E-state index in [1.807, 2.05) is 42.5 Å². The van der Waals surface area contributed by atoms with Crippen LogP contribution in [0.25, 0.3) is 6.08 Å². The summed E-state index contributed by atoms with van der Waals surface area (Å²) in [5, 5.41) is 0.195. The van der Waals surface area contributed by atoms with E-state index in [1.54, 1.807) is 20.2 Å². The zero-order valence-electron chi connectivity index (χ0n) is 15.1. The Bertz CT molecular complexity index is 963. The van der Waals surface area contributed by atoms with Crippen LogP contribution in [0.15, 0.2) is 48.0 Å². The van der Waals surface area contributed by atoms with Crippen molar-refractivity contribution in [2.75, 3.05) is 14.1 Å². The van der Waals surface area contributed by atoms with Gasteiger partial charge in [-0.2, -0.15) is 0 Å². The van der Waals surface area contributed by atoms with Crippen LogP contribution in [0, 0.1) is 7.14 Å². The maximum absolute atomic E-state index is 12.4. The monoisotopic (exact) mass is 618 g/mol. The SMILES string of the molecule is CN1C(=O)C(=Cc2ccc(OCc3ccc(I)cc3)c(I)c2)C(=O)N(C)C1=S. The number of hydrogen-bond acceptors (Lipinski definition) is 4. The first-order valence-corrected chi connectivity index (χ1v) is 10.8. The van der Waals surface area contributed by atoms with Crippen molar-refractivity contribution in [2.45, 2.75) is 6.61 Å². The molecule has 2 amide bonds. The second kappa shape index (κ2) is 8.87. The zero-order valence-corrected chi connectivity index (χ0v) is 20.2. The summed E-state index contributed by atoms with van der Waals surface area (Å²) in [6.07, 6.45) is 1.59. The summed E-state index contributed by atoms with van der Waals surface area (Å²) in [6.45, 7) is 0.470. The highest BCUT2D eigenvalue weighted by Gasteiger charge is 2.35. The molecular formula is C20H16I2N2O3S. The van der Waals surface area contributed by atoms with Gasteiger partial charge in [-0.1, -0.05) is 18.2 Å². The number of halogens is 2. The minimum atomic E-state index is -0.401. The van der Waals surface area contributed by atoms with Crippen molar-refractivity contribution in [3.63, 3.8) is 0 Å². The number of rotatable bonds is 4. The lowest BCUT2D eigenvalue weighted by Crippen LogP contribution is -2.52. The number of amides is 2. The largest absolute Gasteiger partial charge is 0.488 e. The van der Waals surface area contributed by atoms with Crippen LogP contribution in [0.3, 0.4) is 0 Å². The van der Waals surface area contributed by atoms with E-state index in [4.69, 9.17) is 17.0 Å². The molecule has 1 aliphatic rings. The molecule has 144 valence electrons. The summed E-state index contributed by atoms with van der Waals surface area (Å²) in [5.74, 6) is -0.0534. The Morgan fingerprint density at radius 2 is 1.61 bits per heavy atom. The second-order valence-electron chi connectivity index (χ2n) is 6.17. The van der Waals surface area contributed by atoms with Gasteiger partial charge in [-0.05, 0) is 98.9 Å². The topological polar surface area (TPSA) is 49.9 Å². The summed E-state index contributed by atoms with van der Waals surface area (Å²) < 4.78 is 7.97. The van der Waals surface area contributed by atoms with Gasteiger partial charge < -0.3 is 4.74 Å². The third-order valence-electron chi connectivity index (χ3n) is 4.22. The van der Waals surface area contributed by atoms with Crippen LogP contribution < -0.4 is 4.74 Å². The number of thiocarbonyl (C=S) groups is 1. The molecule has 0 aliphatic carbocycles. The van der Waals surface area contributed by atoms with Gasteiger partial charge in [0.1, 0.15) is 17.9 Å². The number of ether oxygens (including phenoxy) is 1. The van der Waals surface area contributed by atoms with Crippen molar-refractivity contribution in [1.29, 1.82) is 0 Å². The predicted octanol–water partition coefficient (Wildman–Crippen LogP) is 4.07. The van der Waals surface area contributed by atoms with Gasteiger partial charge in [-0.3, -0.25) is 19.4 Å². The smallest absolute Gasteiger partial charge is 0.265 e. The van der Waals surface area contributed by atoms with Gasteiger partial charge in [-0.15, -0.1) is 0 Å². The molecule has 1 saturated heterocycles. The first-order valence-electron chi connectivity index (χ1n) is 8.26. The molecule has 0 aromatic heterocycles. The lowest BCUT2D eigenvalue weighted by Gasteiger charge is -2.31. The summed E-state index contributed by atoms with van der Waals surface area (Å²) in [5.41, 5.74) is 1.92. The Balaban J connectivity index is 1.79. The Kier molecular flexibility index (Phi) is 6.71. The third-order valence-corrected chi connectivity index (χ3v) is 6.33. The van der Waals surface area contributed by atoms with E-state index in [0.717, 1.165) is 20.4 Å². The Morgan fingerprint density at radius 3 is 2.18 bits per heavy atom. The van der Waals surface area contributed by atoms with Crippen molar-refractivity contribution >= 4 is 80.4 Å². The van der Waals surface area contributed by atoms with Crippen LogP contribution in [0.4, 0.5) is 0 Å². The molecule has 1 heterocycles. The van der Waals surface area contributed by atoms with Crippen molar-refractivity contribution in [1.82, 2.24) is 9.80 Å². The van der Waals surface area contributed by atoms with Gasteiger partial charge in [-0.25, -0.2) is 0 Å². The average Bonchev–Trinajstić information content (AvgIpc) is 2.69. The van der Waals surface area contributed by atoms with Crippen LogP contribution in [-0.4, -0.2) is 40.8 Å². The molecule has 0 unspecified atom stereocenters. The third kappa shape index (κ3) is 4.54. The number of likely N-dealkylation sites (N-methyl/N-ethyl adjacent to an activating group) is 2. The van der Waals surface area contributed by atoms with E-state index in [1.165, 1.54) is 13.4 Å². The molecule has 0 bridgehead atoms. The fourth-order valence-electron chi connectivity index (χ4n) is 2.61. The standard InChI is InChI=1S/C20H16I2N2O3S/c1-23-18(25)15(19(26)24(2)20(23)28)9-13-5-8-17(16(22)10-13)27-11-12-3-6-14(21)7-4-12/h3-10H,11H2,1-2H3. The van der Waals surface area contributed by atoms with E-state index in [2.05, 4.69) is 45.2 Å². The van der Waals surface area contributed by atoms with Gasteiger partial charge >= 0.3 is 0 Å². The lowest BCUT2D eigenvalue weighted by molar-refractivity contribution is -0.132. The molecule has 3 rings (SSSR count). The average molecular weight is 618 g/mol. The molecule has 5 nitrogen and oxygen atoms in total. The lowest BCUT2D eigenvalue weighted by atomic mass is 10.1. The van der Waals surface area contributed by atoms with Crippen LogP contribution in [0.2, 0.25) is 0 Å². The highest BCUT2D eigenvalue weighted by Crippen LogP contribution is 2.25. The van der Waals surface area contributed by atoms with Crippen LogP contribution in [0.5, 0.6) is 5.75 Å². The number of carbonyl (C=O) groups is 2. The van der Waals surface area contributed by atoms with Crippen molar-refractivity contribution < 1.29 is 14.3 Å². The molecule has 28 heavy (non-hydrogen) atoms. The van der Waals surface area contributed by atoms with E-state index >= 15 is 0 Å². The van der Waals surface area contributed by atoms with Crippen LogP contribution in [-0.2, 0) is 16.2 Å². The molecule has 0 radical (unpaired) electrons. The summed E-state index contributed by atoms with van der Waals surface area (Å²) in [4.78, 5) is 27.4. The van der Waals surface area contributed by atoms with E-state index < -0.39 is 11.8 Å². The summed E-state index contributed by atoms with van der Waals surface area (Å²) in [6, 6.07) is 13.7. The molecular weight excluding hydrogens is 602 g/mol. The highest BCUT2D eigenvalue weighted by atomic mass is 127. The first kappa shape index (κ1) is 21.2. The minimum Gasteiger partial charge on any atom is -0.488 e. The summed E-state index contributed by atoms with van der Waals surface area (Å²) in [7, 11) is 3.12. The molecule has 8 heteroatoms. The van der Waals surface area contributed by atoms with E-state index in [9.17, 15) is 9.59 Å². The van der Waals surface area contributed by atoms with Gasteiger partial charge in [0.25, 0.3) is 11.8 Å². The van der Waals surface area contributed by atoms with Crippen LogP contribution >= 0.6 is 57.4 Å². The maximum atomic E-state index is 12.4. The Morgan fingerprint density at radius 1 is 1.00 bits per heavy atom. The summed E-state index contributed by atoms with van der Waals surface area (Å²) >= 11 is 9.55. The molecule has 1 aliphatic heterocycles. The van der Waals surface area contributed by atoms with Gasteiger partial charge in [0.05, 0.1) is 3.57 Å². The Hall–Kier alpha value is -1.53. The second-order valence-corrected chi connectivity index (χ2v) is 8.95. The molecule has 0 N–H and O–H groups in total. The van der Waals surface area contributed by atoms with Crippen molar-refractivity contribution in [3.05, 3.63) is 66.3 Å². The fourth-order valence-corrected chi connectivity index (χ4v) is 3.83. The molecule has 2 aromatic rings. The van der Waals surface area contributed by atoms with E-state index in [0.29, 0.717) is 6.61 Å². The fraction of sp³-hybridized carbons (Fsp3) is 0.150. The van der Waals surface area contributed by atoms with Crippen molar-refractivity contribution in [3.8, 4) is 5.75 Å². The number of hydrogen-bond donors (Lipinski definition) is 0. The molecule has 2 aromatic carbocycles. The zero-order chi connectivity index (χ0) is 20.4. The number of benzene rings is 2. The molecule has 0 atom stereocenters. The maximum Gasteiger partial charge on any atom is 0.265 e. The number of carbonyl (C=O) groups excluding carboxylic acids is 2. The molecule has 0 spiro atoms. The van der Waals surface area contributed by atoms with Gasteiger partial charge in [0.2, 0.25) is 0 Å². The quantitative estimate of drug-likeness (QED) is 0.225. The van der Waals surface area contributed by atoms with Crippen molar-refractivity contribution in [2.24, 2.45) is 0 Å². The van der Waals surface area contributed by atoms with Crippen LogP contribution in [0.1, 0.15) is 11.1 Å². The Labute approximate surface area is 196 Å². The van der Waals surface area contributed by atoms with E-state index in [-0.39, 0.29) is 10.7 Å². The molecule has 1 fully saturated rings. The highest BCUT2D eigenvalue weighted by molar-refractivity contribution is 14.1.